The van der Waals surface area contributed by atoms with Crippen molar-refractivity contribution in [3.63, 3.8) is 0 Å². The van der Waals surface area contributed by atoms with E-state index in [0.717, 1.165) is 5.56 Å². The fourth-order valence-corrected chi connectivity index (χ4v) is 2.81. The van der Waals surface area contributed by atoms with Gasteiger partial charge in [0, 0.05) is 12.1 Å². The zero-order chi connectivity index (χ0) is 12.8. The van der Waals surface area contributed by atoms with Gasteiger partial charge < -0.3 is 10.4 Å². The summed E-state index contributed by atoms with van der Waals surface area (Å²) in [5.74, 6) is 5.19. The van der Waals surface area contributed by atoms with Gasteiger partial charge in [-0.2, -0.15) is 11.3 Å². The number of nitrogens with one attached hydrogen (secondary N) is 1. The summed E-state index contributed by atoms with van der Waals surface area (Å²) in [6.45, 7) is 0.318. The van der Waals surface area contributed by atoms with E-state index in [0.29, 0.717) is 17.0 Å². The van der Waals surface area contributed by atoms with Gasteiger partial charge in [0.05, 0.1) is 0 Å². The van der Waals surface area contributed by atoms with E-state index in [2.05, 4.69) is 17.2 Å². The number of aliphatic hydroxyl groups excluding tert-OH is 1. The quantitative estimate of drug-likeness (QED) is 0.844. The van der Waals surface area contributed by atoms with Gasteiger partial charge in [-0.1, -0.05) is 11.8 Å². The maximum absolute atomic E-state index is 12.0. The topological polar surface area (TPSA) is 49.3 Å². The van der Waals surface area contributed by atoms with Crippen molar-refractivity contribution < 1.29 is 9.90 Å². The van der Waals surface area contributed by atoms with Gasteiger partial charge in [0.1, 0.15) is 11.5 Å². The lowest BCUT2D eigenvalue weighted by molar-refractivity contribution is 0.0955. The zero-order valence-corrected chi connectivity index (χ0v) is 11.1. The van der Waals surface area contributed by atoms with Crippen LogP contribution in [0.3, 0.4) is 0 Å². The fraction of sp³-hybridized carbons (Fsp3) is 0.154. The van der Waals surface area contributed by atoms with E-state index in [4.69, 9.17) is 5.11 Å². The molecule has 0 unspecified atom stereocenters. The number of hydrogen-bond acceptors (Lipinski definition) is 4. The molecule has 2 aromatic rings. The van der Waals surface area contributed by atoms with Gasteiger partial charge in [-0.25, -0.2) is 0 Å². The van der Waals surface area contributed by atoms with Gasteiger partial charge in [-0.15, -0.1) is 11.3 Å². The van der Waals surface area contributed by atoms with Crippen LogP contribution < -0.4 is 5.32 Å². The minimum absolute atomic E-state index is 0.126. The minimum Gasteiger partial charge on any atom is -0.384 e. The Bertz CT molecular complexity index is 576. The molecule has 2 N–H and O–H groups in total. The van der Waals surface area contributed by atoms with Crippen LogP contribution in [0.5, 0.6) is 0 Å². The Kier molecular flexibility index (Phi) is 4.53. The molecule has 2 heterocycles. The van der Waals surface area contributed by atoms with Crippen molar-refractivity contribution in [3.8, 4) is 11.8 Å². The number of carbonyl (C=O) groups is 1. The van der Waals surface area contributed by atoms with Crippen LogP contribution in [0.4, 0.5) is 0 Å². The smallest absolute Gasteiger partial charge is 0.262 e. The Morgan fingerprint density at radius 1 is 1.39 bits per heavy atom. The van der Waals surface area contributed by atoms with E-state index < -0.39 is 0 Å². The Labute approximate surface area is 113 Å². The fourth-order valence-electron chi connectivity index (χ4n) is 1.37. The Balaban J connectivity index is 2.02. The molecule has 18 heavy (non-hydrogen) atoms. The summed E-state index contributed by atoms with van der Waals surface area (Å²) >= 11 is 2.96. The van der Waals surface area contributed by atoms with Crippen LogP contribution in [0.15, 0.2) is 28.3 Å². The molecule has 0 saturated carbocycles. The van der Waals surface area contributed by atoms with Crippen LogP contribution >= 0.6 is 22.7 Å². The molecule has 0 radical (unpaired) electrons. The predicted octanol–water partition coefficient (Wildman–Crippen LogP) is 2.08. The molecule has 0 aliphatic rings. The standard InChI is InChI=1S/C13H11NO2S2/c15-5-1-2-11-4-7-18-12(11)13(16)14-8-10-3-6-17-9-10/h3-4,6-7,9,15H,5,8H2,(H,14,16). The largest absolute Gasteiger partial charge is 0.384 e. The summed E-state index contributed by atoms with van der Waals surface area (Å²) in [4.78, 5) is 12.5. The maximum Gasteiger partial charge on any atom is 0.262 e. The monoisotopic (exact) mass is 277 g/mol. The Morgan fingerprint density at radius 2 is 2.28 bits per heavy atom. The van der Waals surface area contributed by atoms with Crippen LogP contribution in [-0.4, -0.2) is 17.6 Å². The lowest BCUT2D eigenvalue weighted by Crippen LogP contribution is -2.22. The van der Waals surface area contributed by atoms with E-state index in [1.165, 1.54) is 11.3 Å². The number of rotatable bonds is 3. The summed E-state index contributed by atoms with van der Waals surface area (Å²) in [6, 6.07) is 3.76. The summed E-state index contributed by atoms with van der Waals surface area (Å²) < 4.78 is 0. The molecule has 3 nitrogen and oxygen atoms in total. The number of aliphatic hydroxyl groups is 1. The normalized spacial score (nSPS) is 9.61. The van der Waals surface area contributed by atoms with Gasteiger partial charge in [0.25, 0.3) is 5.91 Å². The third kappa shape index (κ3) is 3.20. The first kappa shape index (κ1) is 12.8. The Hall–Kier alpha value is -1.61. The Morgan fingerprint density at radius 3 is 3.00 bits per heavy atom. The van der Waals surface area contributed by atoms with Gasteiger partial charge >= 0.3 is 0 Å². The summed E-state index contributed by atoms with van der Waals surface area (Å²) in [6.07, 6.45) is 0. The van der Waals surface area contributed by atoms with Crippen LogP contribution in [0.25, 0.3) is 0 Å². The molecule has 0 spiro atoms. The molecular weight excluding hydrogens is 266 g/mol. The number of thiophene rings is 2. The highest BCUT2D eigenvalue weighted by atomic mass is 32.1. The van der Waals surface area contributed by atoms with Crippen LogP contribution in [0.1, 0.15) is 20.8 Å². The van der Waals surface area contributed by atoms with Crippen LogP contribution in [0, 0.1) is 11.8 Å². The molecule has 92 valence electrons. The molecule has 0 aliphatic heterocycles. The molecule has 0 aliphatic carbocycles. The van der Waals surface area contributed by atoms with Gasteiger partial charge in [-0.05, 0) is 33.8 Å². The molecule has 0 atom stereocenters. The average Bonchev–Trinajstić information content (AvgIpc) is 3.04. The molecular formula is C13H11NO2S2. The first-order valence-corrected chi connectivity index (χ1v) is 7.10. The highest BCUT2D eigenvalue weighted by Crippen LogP contribution is 2.16. The van der Waals surface area contributed by atoms with Crippen molar-refractivity contribution in [3.05, 3.63) is 44.3 Å². The second-order valence-electron chi connectivity index (χ2n) is 3.44. The van der Waals surface area contributed by atoms with E-state index in [-0.39, 0.29) is 12.5 Å². The van der Waals surface area contributed by atoms with E-state index in [1.807, 2.05) is 22.2 Å². The molecule has 0 fully saturated rings. The van der Waals surface area contributed by atoms with Gasteiger partial charge in [0.15, 0.2) is 0 Å². The van der Waals surface area contributed by atoms with Crippen LogP contribution in [0.2, 0.25) is 0 Å². The van der Waals surface area contributed by atoms with Crippen molar-refractivity contribution in [2.75, 3.05) is 6.61 Å². The lowest BCUT2D eigenvalue weighted by Gasteiger charge is -2.02. The van der Waals surface area contributed by atoms with Crippen molar-refractivity contribution >= 4 is 28.6 Å². The number of hydrogen-bond donors (Lipinski definition) is 2. The lowest BCUT2D eigenvalue weighted by atomic mass is 10.2. The average molecular weight is 277 g/mol. The summed E-state index contributed by atoms with van der Waals surface area (Å²) in [5.41, 5.74) is 1.75. The molecule has 0 bridgehead atoms. The highest BCUT2D eigenvalue weighted by Gasteiger charge is 2.11. The molecule has 2 aromatic heterocycles. The predicted molar refractivity (Wildman–Crippen MR) is 73.8 cm³/mol. The first-order valence-electron chi connectivity index (χ1n) is 5.27. The SMILES string of the molecule is O=C(NCc1ccsc1)c1sccc1C#CCO. The van der Waals surface area contributed by atoms with E-state index in [9.17, 15) is 4.79 Å². The van der Waals surface area contributed by atoms with Crippen molar-refractivity contribution in [1.82, 2.24) is 5.32 Å². The first-order chi connectivity index (χ1) is 8.81. The summed E-state index contributed by atoms with van der Waals surface area (Å²) in [7, 11) is 0. The van der Waals surface area contributed by atoms with E-state index in [1.54, 1.807) is 17.4 Å². The van der Waals surface area contributed by atoms with E-state index >= 15 is 0 Å². The van der Waals surface area contributed by atoms with Crippen molar-refractivity contribution in [2.24, 2.45) is 0 Å². The number of carbonyl (C=O) groups excluding carboxylic acids is 1. The third-order valence-corrected chi connectivity index (χ3v) is 3.85. The third-order valence-electron chi connectivity index (χ3n) is 2.21. The molecule has 0 saturated heterocycles. The molecule has 2 rings (SSSR count). The van der Waals surface area contributed by atoms with Crippen LogP contribution in [-0.2, 0) is 6.54 Å². The summed E-state index contributed by atoms with van der Waals surface area (Å²) in [5, 5.41) is 17.3. The van der Waals surface area contributed by atoms with Gasteiger partial charge in [0.2, 0.25) is 0 Å². The maximum atomic E-state index is 12.0. The van der Waals surface area contributed by atoms with Crippen molar-refractivity contribution in [2.45, 2.75) is 6.54 Å². The zero-order valence-electron chi connectivity index (χ0n) is 9.47. The molecule has 1 amide bonds. The van der Waals surface area contributed by atoms with Crippen molar-refractivity contribution in [1.29, 1.82) is 0 Å². The second-order valence-corrected chi connectivity index (χ2v) is 5.13. The minimum atomic E-state index is -0.203. The van der Waals surface area contributed by atoms with Gasteiger partial charge in [-0.3, -0.25) is 4.79 Å². The highest BCUT2D eigenvalue weighted by molar-refractivity contribution is 7.12. The number of amides is 1. The molecule has 5 heteroatoms. The second kappa shape index (κ2) is 6.36. The molecule has 0 aromatic carbocycles.